The fourth-order valence-corrected chi connectivity index (χ4v) is 8.76. The third kappa shape index (κ3) is 2.14. The van der Waals surface area contributed by atoms with E-state index in [1.54, 1.807) is 0 Å². The Kier molecular flexibility index (Phi) is 3.82. The molecule has 2 bridgehead atoms. The summed E-state index contributed by atoms with van der Waals surface area (Å²) in [7, 11) is 0. The van der Waals surface area contributed by atoms with Crippen molar-refractivity contribution >= 4 is 17.9 Å². The van der Waals surface area contributed by atoms with Crippen LogP contribution in [0.25, 0.3) is 0 Å². The van der Waals surface area contributed by atoms with Crippen molar-refractivity contribution in [2.24, 2.45) is 51.8 Å². The quantitative estimate of drug-likeness (QED) is 0.427. The Morgan fingerprint density at radius 2 is 1.86 bits per heavy atom. The van der Waals surface area contributed by atoms with Crippen LogP contribution in [0.15, 0.2) is 11.6 Å². The van der Waals surface area contributed by atoms with Gasteiger partial charge in [0.25, 0.3) is 0 Å². The summed E-state index contributed by atoms with van der Waals surface area (Å²) in [5, 5.41) is 10.1. The molecule has 158 valence electrons. The molecule has 0 aromatic rings. The Hall–Kier alpha value is -1.65. The van der Waals surface area contributed by atoms with Crippen molar-refractivity contribution in [2.75, 3.05) is 0 Å². The molecule has 8 atom stereocenters. The van der Waals surface area contributed by atoms with E-state index in [9.17, 15) is 19.5 Å². The first-order chi connectivity index (χ1) is 13.6. The van der Waals surface area contributed by atoms with Gasteiger partial charge in [-0.3, -0.25) is 14.4 Å². The predicted octanol–water partition coefficient (Wildman–Crippen LogP) is 4.21. The maximum atomic E-state index is 12.9. The van der Waals surface area contributed by atoms with Crippen molar-refractivity contribution < 1.29 is 24.2 Å². The molecule has 5 heteroatoms. The Balaban J connectivity index is 1.67. The molecule has 1 N–H and O–H groups in total. The van der Waals surface area contributed by atoms with Crippen LogP contribution in [0.1, 0.15) is 66.2 Å². The summed E-state index contributed by atoms with van der Waals surface area (Å²) < 4.78 is 5.20. The van der Waals surface area contributed by atoms with E-state index in [0.29, 0.717) is 5.92 Å². The average Bonchev–Trinajstić information content (AvgIpc) is 2.97. The molecule has 5 nitrogen and oxygen atoms in total. The molecule has 4 fully saturated rings. The summed E-state index contributed by atoms with van der Waals surface area (Å²) in [4.78, 5) is 37.8. The number of fused-ring (bicyclic) bond motifs is 1. The Bertz CT molecular complexity index is 842. The summed E-state index contributed by atoms with van der Waals surface area (Å²) in [6, 6.07) is 0. The summed E-state index contributed by atoms with van der Waals surface area (Å²) >= 11 is 0. The van der Waals surface area contributed by atoms with Crippen LogP contribution in [0, 0.1) is 51.8 Å². The minimum atomic E-state index is -0.707. The molecule has 1 heterocycles. The Morgan fingerprint density at radius 1 is 1.14 bits per heavy atom. The van der Waals surface area contributed by atoms with Gasteiger partial charge in [-0.05, 0) is 68.1 Å². The highest BCUT2D eigenvalue weighted by Crippen LogP contribution is 2.74. The lowest BCUT2D eigenvalue weighted by Gasteiger charge is -2.68. The largest absolute Gasteiger partial charge is 0.481 e. The van der Waals surface area contributed by atoms with Gasteiger partial charge in [0.15, 0.2) is 0 Å². The summed E-state index contributed by atoms with van der Waals surface area (Å²) in [6.45, 7) is 8.56. The molecule has 5 aliphatic carbocycles. The van der Waals surface area contributed by atoms with Gasteiger partial charge in [-0.2, -0.15) is 0 Å². The molecule has 3 unspecified atom stereocenters. The Morgan fingerprint density at radius 3 is 2.52 bits per heavy atom. The number of carboxylic acids is 1. The van der Waals surface area contributed by atoms with Crippen LogP contribution in [0.4, 0.5) is 0 Å². The summed E-state index contributed by atoms with van der Waals surface area (Å²) in [6.07, 6.45) is 7.48. The molecule has 0 aromatic carbocycles. The van der Waals surface area contributed by atoms with Gasteiger partial charge in [0.2, 0.25) is 0 Å². The molecular weight excluding hydrogens is 368 g/mol. The fraction of sp³-hybridized carbons (Fsp3) is 0.792. The number of carboxylic acid groups (broad SMARTS) is 1. The van der Waals surface area contributed by atoms with E-state index >= 15 is 0 Å². The molecule has 1 spiro atoms. The highest BCUT2D eigenvalue weighted by molar-refractivity contribution is 5.98. The number of cyclic esters (lactones) is 2. The number of hydrogen-bond donors (Lipinski definition) is 1. The zero-order chi connectivity index (χ0) is 20.9. The molecule has 1 saturated heterocycles. The molecule has 29 heavy (non-hydrogen) atoms. The number of ether oxygens (including phenoxy) is 1. The lowest BCUT2D eigenvalue weighted by molar-refractivity contribution is -0.195. The first-order valence-corrected chi connectivity index (χ1v) is 11.3. The fourth-order valence-electron chi connectivity index (χ4n) is 8.76. The minimum absolute atomic E-state index is 0.0550. The van der Waals surface area contributed by atoms with Crippen LogP contribution in [0.5, 0.6) is 0 Å². The van der Waals surface area contributed by atoms with Crippen LogP contribution in [-0.4, -0.2) is 23.0 Å². The van der Waals surface area contributed by atoms with Gasteiger partial charge in [-0.15, -0.1) is 0 Å². The summed E-state index contributed by atoms with van der Waals surface area (Å²) in [5.74, 6) is -1.33. The molecular formula is C24H32O5. The number of allylic oxidation sites excluding steroid dienone is 2. The number of rotatable bonds is 2. The van der Waals surface area contributed by atoms with E-state index in [1.165, 1.54) is 5.57 Å². The van der Waals surface area contributed by atoms with E-state index < -0.39 is 11.4 Å². The van der Waals surface area contributed by atoms with Crippen molar-refractivity contribution in [3.05, 3.63) is 11.6 Å². The number of hydrogen-bond acceptors (Lipinski definition) is 4. The number of esters is 2. The van der Waals surface area contributed by atoms with Gasteiger partial charge in [-0.1, -0.05) is 38.8 Å². The minimum Gasteiger partial charge on any atom is -0.481 e. The van der Waals surface area contributed by atoms with E-state index in [-0.39, 0.29) is 52.4 Å². The number of aliphatic carboxylic acids is 1. The topological polar surface area (TPSA) is 80.7 Å². The standard InChI is InChI=1S/C24H32O5/c1-12(2)14-11-24-9-6-15-22(3,7-5-8-23(15,4)21(27)28)16(24)10-13(14)17-18(24)20(26)29-19(17)25/h11-13,15-18H,5-10H2,1-4H3,(H,27,28)/t13?,15-,16-,17?,18?,22+,23-,24-/m1/s1. The van der Waals surface area contributed by atoms with Gasteiger partial charge in [0.05, 0.1) is 17.3 Å². The third-order valence-corrected chi connectivity index (χ3v) is 9.89. The zero-order valence-corrected chi connectivity index (χ0v) is 17.9. The van der Waals surface area contributed by atoms with E-state index in [1.807, 2.05) is 6.92 Å². The van der Waals surface area contributed by atoms with Gasteiger partial charge >= 0.3 is 17.9 Å². The van der Waals surface area contributed by atoms with Crippen molar-refractivity contribution in [1.82, 2.24) is 0 Å². The Labute approximate surface area is 172 Å². The summed E-state index contributed by atoms with van der Waals surface area (Å²) in [5.41, 5.74) is 0.122. The molecule has 0 amide bonds. The zero-order valence-electron chi connectivity index (χ0n) is 17.9. The second-order valence-electron chi connectivity index (χ2n) is 11.2. The predicted molar refractivity (Wildman–Crippen MR) is 105 cm³/mol. The molecule has 6 aliphatic rings. The lowest BCUT2D eigenvalue weighted by Crippen LogP contribution is -2.65. The van der Waals surface area contributed by atoms with Crippen molar-refractivity contribution in [2.45, 2.75) is 66.2 Å². The van der Waals surface area contributed by atoms with Crippen LogP contribution < -0.4 is 0 Å². The third-order valence-electron chi connectivity index (χ3n) is 9.89. The molecule has 0 radical (unpaired) electrons. The van der Waals surface area contributed by atoms with Crippen LogP contribution in [-0.2, 0) is 19.1 Å². The average molecular weight is 401 g/mol. The second-order valence-corrected chi connectivity index (χ2v) is 11.2. The van der Waals surface area contributed by atoms with Crippen LogP contribution in [0.3, 0.4) is 0 Å². The van der Waals surface area contributed by atoms with Crippen molar-refractivity contribution in [3.63, 3.8) is 0 Å². The highest BCUT2D eigenvalue weighted by Gasteiger charge is 2.73. The first-order valence-electron chi connectivity index (χ1n) is 11.3. The smallest absolute Gasteiger partial charge is 0.318 e. The lowest BCUT2D eigenvalue weighted by atomic mass is 9.34. The second kappa shape index (κ2) is 5.73. The van der Waals surface area contributed by atoms with Gasteiger partial charge < -0.3 is 9.84 Å². The van der Waals surface area contributed by atoms with E-state index in [0.717, 1.165) is 38.5 Å². The monoisotopic (exact) mass is 400 g/mol. The number of carbonyl (C=O) groups excluding carboxylic acids is 2. The highest BCUT2D eigenvalue weighted by atomic mass is 16.6. The first kappa shape index (κ1) is 19.3. The molecule has 0 aromatic heterocycles. The van der Waals surface area contributed by atoms with E-state index in [4.69, 9.17) is 4.74 Å². The molecule has 3 saturated carbocycles. The van der Waals surface area contributed by atoms with Gasteiger partial charge in [0.1, 0.15) is 0 Å². The van der Waals surface area contributed by atoms with Crippen molar-refractivity contribution in [1.29, 1.82) is 0 Å². The van der Waals surface area contributed by atoms with E-state index in [2.05, 4.69) is 26.8 Å². The maximum absolute atomic E-state index is 12.9. The van der Waals surface area contributed by atoms with Crippen molar-refractivity contribution in [3.8, 4) is 0 Å². The van der Waals surface area contributed by atoms with Crippen LogP contribution in [0.2, 0.25) is 0 Å². The van der Waals surface area contributed by atoms with Gasteiger partial charge in [-0.25, -0.2) is 0 Å². The molecule has 6 rings (SSSR count). The molecule has 1 aliphatic heterocycles. The SMILES string of the molecule is CC(C)C1=C[C@]23CC[C@@H]4[C@](C)(CCC[C@@]4(C)C(=O)O)[C@H]2CC1C1C(=O)OC(=O)C13. The maximum Gasteiger partial charge on any atom is 0.318 e. The normalized spacial score (nSPS) is 50.5. The van der Waals surface area contributed by atoms with Gasteiger partial charge in [0, 0.05) is 5.41 Å². The van der Waals surface area contributed by atoms with Crippen LogP contribution >= 0.6 is 0 Å². The number of carbonyl (C=O) groups is 3.